The number of nitrogens with two attached hydrogens (primary N) is 1. The van der Waals surface area contributed by atoms with E-state index in [1.54, 1.807) is 24.3 Å². The molecule has 0 saturated heterocycles. The van der Waals surface area contributed by atoms with Crippen LogP contribution in [0.5, 0.6) is 0 Å². The number of primary amides is 1. The number of anilines is 1. The Bertz CT molecular complexity index is 902. The summed E-state index contributed by atoms with van der Waals surface area (Å²) in [6, 6.07) is 18.9. The lowest BCUT2D eigenvalue weighted by molar-refractivity contribution is 0.100. The van der Waals surface area contributed by atoms with Gasteiger partial charge >= 0.3 is 0 Å². The average molecular weight is 350 g/mol. The molecule has 3 N–H and O–H groups in total. The third kappa shape index (κ3) is 3.78. The lowest BCUT2D eigenvalue weighted by Gasteiger charge is -2.04. The predicted octanol–water partition coefficient (Wildman–Crippen LogP) is 4.00. The molecule has 0 saturated carbocycles. The van der Waals surface area contributed by atoms with Gasteiger partial charge in [-0.15, -0.1) is 11.3 Å². The minimum absolute atomic E-state index is 0.254. The number of carbonyl (C=O) groups is 2. The number of hydrogen-bond acceptors (Lipinski definition) is 3. The van der Waals surface area contributed by atoms with Crippen LogP contribution >= 0.6 is 11.3 Å². The van der Waals surface area contributed by atoms with Crippen molar-refractivity contribution in [3.8, 4) is 0 Å². The van der Waals surface area contributed by atoms with E-state index in [0.29, 0.717) is 22.5 Å². The number of benzene rings is 2. The summed E-state index contributed by atoms with van der Waals surface area (Å²) in [6.45, 7) is 1.87. The Labute approximate surface area is 150 Å². The molecular weight excluding hydrogens is 332 g/mol. The standard InChI is InChI=1S/C20H18N2O2S/c1-13-16(12-14-8-4-2-5-9-14)25-20(17(13)18(21)23)22-19(24)15-10-6-3-7-11-15/h2-11H,12H2,1H3,(H2,21,23)(H,22,24). The Balaban J connectivity index is 1.92. The van der Waals surface area contributed by atoms with Gasteiger partial charge in [0.15, 0.2) is 0 Å². The SMILES string of the molecule is Cc1c(Cc2ccccc2)sc(NC(=O)c2ccccc2)c1C(N)=O. The molecule has 5 heteroatoms. The highest BCUT2D eigenvalue weighted by Crippen LogP contribution is 2.34. The average Bonchev–Trinajstić information content (AvgIpc) is 2.92. The highest BCUT2D eigenvalue weighted by molar-refractivity contribution is 7.17. The maximum absolute atomic E-state index is 12.4. The minimum atomic E-state index is -0.531. The van der Waals surface area contributed by atoms with Gasteiger partial charge in [0.1, 0.15) is 5.00 Å². The molecule has 0 atom stereocenters. The van der Waals surface area contributed by atoms with Gasteiger partial charge in [-0.05, 0) is 30.2 Å². The molecule has 0 aliphatic heterocycles. The van der Waals surface area contributed by atoms with Crippen molar-refractivity contribution in [1.82, 2.24) is 0 Å². The van der Waals surface area contributed by atoms with Crippen molar-refractivity contribution in [2.24, 2.45) is 5.73 Å². The van der Waals surface area contributed by atoms with Gasteiger partial charge in [-0.2, -0.15) is 0 Å². The lowest BCUT2D eigenvalue weighted by Crippen LogP contribution is -2.17. The first-order chi connectivity index (χ1) is 12.1. The van der Waals surface area contributed by atoms with E-state index < -0.39 is 5.91 Å². The van der Waals surface area contributed by atoms with E-state index >= 15 is 0 Å². The molecule has 0 bridgehead atoms. The number of carbonyl (C=O) groups excluding carboxylic acids is 2. The smallest absolute Gasteiger partial charge is 0.256 e. The molecule has 1 heterocycles. The molecule has 2 amide bonds. The minimum Gasteiger partial charge on any atom is -0.365 e. The van der Waals surface area contributed by atoms with Crippen LogP contribution in [0.4, 0.5) is 5.00 Å². The van der Waals surface area contributed by atoms with Crippen LogP contribution in [0.2, 0.25) is 0 Å². The zero-order chi connectivity index (χ0) is 17.8. The van der Waals surface area contributed by atoms with E-state index in [9.17, 15) is 9.59 Å². The van der Waals surface area contributed by atoms with Gasteiger partial charge in [0.25, 0.3) is 11.8 Å². The number of rotatable bonds is 5. The maximum atomic E-state index is 12.4. The van der Waals surface area contributed by atoms with Crippen molar-refractivity contribution in [3.05, 3.63) is 87.8 Å². The Morgan fingerprint density at radius 1 is 1.00 bits per heavy atom. The topological polar surface area (TPSA) is 72.2 Å². The molecule has 4 nitrogen and oxygen atoms in total. The van der Waals surface area contributed by atoms with Crippen molar-refractivity contribution < 1.29 is 9.59 Å². The first-order valence-corrected chi connectivity index (χ1v) is 8.70. The monoisotopic (exact) mass is 350 g/mol. The second-order valence-corrected chi connectivity index (χ2v) is 6.81. The van der Waals surface area contributed by atoms with E-state index in [4.69, 9.17) is 5.73 Å². The molecule has 3 aromatic rings. The Kier molecular flexibility index (Phi) is 4.95. The molecule has 1 aromatic heterocycles. The van der Waals surface area contributed by atoms with E-state index in [0.717, 1.165) is 16.0 Å². The van der Waals surface area contributed by atoms with Crippen LogP contribution in [0.15, 0.2) is 60.7 Å². The molecule has 0 radical (unpaired) electrons. The van der Waals surface area contributed by atoms with Gasteiger partial charge in [0, 0.05) is 16.9 Å². The number of hydrogen-bond donors (Lipinski definition) is 2. The largest absolute Gasteiger partial charge is 0.365 e. The molecule has 3 rings (SSSR count). The molecule has 25 heavy (non-hydrogen) atoms. The fraction of sp³-hybridized carbons (Fsp3) is 0.100. The predicted molar refractivity (Wildman–Crippen MR) is 101 cm³/mol. The second kappa shape index (κ2) is 7.32. The molecular formula is C20H18N2O2S. The lowest BCUT2D eigenvalue weighted by atomic mass is 10.1. The zero-order valence-electron chi connectivity index (χ0n) is 13.8. The van der Waals surface area contributed by atoms with Crippen LogP contribution in [0.1, 0.15) is 36.7 Å². The summed E-state index contributed by atoms with van der Waals surface area (Å²) in [7, 11) is 0. The van der Waals surface area contributed by atoms with Gasteiger partial charge in [-0.3, -0.25) is 9.59 Å². The van der Waals surface area contributed by atoms with Crippen LogP contribution in [-0.2, 0) is 6.42 Å². The first-order valence-electron chi connectivity index (χ1n) is 7.88. The third-order valence-electron chi connectivity index (χ3n) is 3.96. The molecule has 0 unspecified atom stereocenters. The van der Waals surface area contributed by atoms with Crippen LogP contribution in [-0.4, -0.2) is 11.8 Å². The Morgan fingerprint density at radius 2 is 1.60 bits per heavy atom. The van der Waals surface area contributed by atoms with E-state index in [-0.39, 0.29) is 5.91 Å². The van der Waals surface area contributed by atoms with Gasteiger partial charge in [0.05, 0.1) is 5.56 Å². The second-order valence-electron chi connectivity index (χ2n) is 5.70. The van der Waals surface area contributed by atoms with Crippen molar-refractivity contribution in [3.63, 3.8) is 0 Å². The molecule has 126 valence electrons. The van der Waals surface area contributed by atoms with E-state index in [1.807, 2.05) is 43.3 Å². The van der Waals surface area contributed by atoms with Gasteiger partial charge in [-0.25, -0.2) is 0 Å². The summed E-state index contributed by atoms with van der Waals surface area (Å²) in [5.41, 5.74) is 8.44. The van der Waals surface area contributed by atoms with Crippen molar-refractivity contribution >= 4 is 28.2 Å². The molecule has 2 aromatic carbocycles. The highest BCUT2D eigenvalue weighted by atomic mass is 32.1. The van der Waals surface area contributed by atoms with Crippen LogP contribution in [0.25, 0.3) is 0 Å². The fourth-order valence-electron chi connectivity index (χ4n) is 2.66. The summed E-state index contributed by atoms with van der Waals surface area (Å²) in [6.07, 6.45) is 0.693. The Hall–Kier alpha value is -2.92. The molecule has 0 fully saturated rings. The number of nitrogens with one attached hydrogen (secondary N) is 1. The number of thiophene rings is 1. The Morgan fingerprint density at radius 3 is 2.20 bits per heavy atom. The third-order valence-corrected chi connectivity index (χ3v) is 5.17. The van der Waals surface area contributed by atoms with Crippen molar-refractivity contribution in [2.45, 2.75) is 13.3 Å². The molecule has 0 spiro atoms. The van der Waals surface area contributed by atoms with Crippen LogP contribution in [0, 0.1) is 6.92 Å². The van der Waals surface area contributed by atoms with Crippen LogP contribution < -0.4 is 11.1 Å². The molecule has 0 aliphatic rings. The summed E-state index contributed by atoms with van der Waals surface area (Å²) in [5, 5.41) is 3.34. The summed E-state index contributed by atoms with van der Waals surface area (Å²) in [5.74, 6) is -0.785. The number of amides is 2. The van der Waals surface area contributed by atoms with Crippen molar-refractivity contribution in [2.75, 3.05) is 5.32 Å². The quantitative estimate of drug-likeness (QED) is 0.730. The highest BCUT2D eigenvalue weighted by Gasteiger charge is 2.21. The normalized spacial score (nSPS) is 10.4. The summed E-state index contributed by atoms with van der Waals surface area (Å²) >= 11 is 1.40. The summed E-state index contributed by atoms with van der Waals surface area (Å²) in [4.78, 5) is 25.3. The van der Waals surface area contributed by atoms with E-state index in [2.05, 4.69) is 5.32 Å². The molecule has 0 aliphatic carbocycles. The van der Waals surface area contributed by atoms with Gasteiger partial charge in [0.2, 0.25) is 0 Å². The van der Waals surface area contributed by atoms with Crippen molar-refractivity contribution in [1.29, 1.82) is 0 Å². The maximum Gasteiger partial charge on any atom is 0.256 e. The van der Waals surface area contributed by atoms with Crippen LogP contribution in [0.3, 0.4) is 0 Å². The fourth-order valence-corrected chi connectivity index (χ4v) is 3.90. The zero-order valence-corrected chi connectivity index (χ0v) is 14.6. The van der Waals surface area contributed by atoms with Gasteiger partial charge in [-0.1, -0.05) is 48.5 Å². The summed E-state index contributed by atoms with van der Waals surface area (Å²) < 4.78 is 0. The first kappa shape index (κ1) is 16.9. The van der Waals surface area contributed by atoms with E-state index in [1.165, 1.54) is 11.3 Å². The van der Waals surface area contributed by atoms with Gasteiger partial charge < -0.3 is 11.1 Å².